The minimum atomic E-state index is -1.11. The van der Waals surface area contributed by atoms with E-state index in [1.54, 1.807) is 0 Å². The third kappa shape index (κ3) is 1.13. The van der Waals surface area contributed by atoms with Crippen LogP contribution in [0.25, 0.3) is 0 Å². The van der Waals surface area contributed by atoms with Gasteiger partial charge in [-0.3, -0.25) is 4.79 Å². The zero-order valence-electron chi connectivity index (χ0n) is 6.79. The Bertz CT molecular complexity index is 323. The number of hydrogen-bond acceptors (Lipinski definition) is 2. The molecule has 0 aliphatic carbocycles. The Labute approximate surface area is 79.8 Å². The first-order chi connectivity index (χ1) is 6.11. The molecule has 5 heteroatoms. The minimum Gasteiger partial charge on any atom is -0.477 e. The van der Waals surface area contributed by atoms with E-state index in [0.29, 0.717) is 12.8 Å². The van der Waals surface area contributed by atoms with Crippen LogP contribution in [0.2, 0.25) is 0 Å². The molecule has 1 N–H and O–H groups in total. The van der Waals surface area contributed by atoms with Gasteiger partial charge in [-0.2, -0.15) is 0 Å². The average Bonchev–Trinajstić information content (AvgIpc) is 2.05. The monoisotopic (exact) mass is 201 g/mol. The van der Waals surface area contributed by atoms with Gasteiger partial charge in [0.1, 0.15) is 5.70 Å². The molecule has 13 heavy (non-hydrogen) atoms. The Balaban J connectivity index is 2.37. The van der Waals surface area contributed by atoms with Gasteiger partial charge in [0, 0.05) is 17.5 Å². The second-order valence-corrected chi connectivity index (χ2v) is 3.68. The Morgan fingerprint density at radius 1 is 1.62 bits per heavy atom. The van der Waals surface area contributed by atoms with Gasteiger partial charge in [-0.05, 0) is 12.8 Å². The third-order valence-electron chi connectivity index (χ3n) is 2.44. The normalized spacial score (nSPS) is 27.0. The molecular formula is C8H8ClNO3. The quantitative estimate of drug-likeness (QED) is 0.642. The fourth-order valence-corrected chi connectivity index (χ4v) is 2.06. The van der Waals surface area contributed by atoms with Gasteiger partial charge in [0.15, 0.2) is 0 Å². The van der Waals surface area contributed by atoms with Crippen molar-refractivity contribution in [2.24, 2.45) is 0 Å². The van der Waals surface area contributed by atoms with E-state index in [1.807, 2.05) is 0 Å². The number of rotatable bonds is 1. The number of carboxylic acids is 1. The fourth-order valence-electron chi connectivity index (χ4n) is 1.78. The molecule has 70 valence electrons. The summed E-state index contributed by atoms with van der Waals surface area (Å²) in [6.45, 7) is 0. The molecule has 0 aromatic rings. The van der Waals surface area contributed by atoms with Crippen LogP contribution >= 0.6 is 11.6 Å². The molecule has 0 aromatic heterocycles. The van der Waals surface area contributed by atoms with Crippen LogP contribution in [0.15, 0.2) is 10.7 Å². The molecule has 0 saturated carbocycles. The zero-order chi connectivity index (χ0) is 9.59. The molecule has 2 rings (SSSR count). The summed E-state index contributed by atoms with van der Waals surface area (Å²) in [5.74, 6) is -1.25. The predicted octanol–water partition coefficient (Wildman–Crippen LogP) is 0.916. The van der Waals surface area contributed by atoms with Gasteiger partial charge >= 0.3 is 5.97 Å². The average molecular weight is 202 g/mol. The van der Waals surface area contributed by atoms with E-state index in [4.69, 9.17) is 16.7 Å². The van der Waals surface area contributed by atoms with E-state index in [-0.39, 0.29) is 22.7 Å². The maximum absolute atomic E-state index is 11.1. The molecule has 0 spiro atoms. The minimum absolute atomic E-state index is 0.0193. The lowest BCUT2D eigenvalue weighted by Crippen LogP contribution is -2.54. The molecule has 1 amide bonds. The number of carbonyl (C=O) groups is 2. The van der Waals surface area contributed by atoms with Crippen molar-refractivity contribution in [3.05, 3.63) is 10.7 Å². The number of fused-ring (bicyclic) bond motifs is 1. The number of amides is 1. The van der Waals surface area contributed by atoms with Crippen molar-refractivity contribution in [2.75, 3.05) is 0 Å². The second-order valence-electron chi connectivity index (χ2n) is 3.22. The van der Waals surface area contributed by atoms with Crippen molar-refractivity contribution in [1.29, 1.82) is 0 Å². The number of halogens is 1. The Kier molecular flexibility index (Phi) is 1.80. The summed E-state index contributed by atoms with van der Waals surface area (Å²) < 4.78 is 0. The molecule has 0 aromatic carbocycles. The highest BCUT2D eigenvalue weighted by Crippen LogP contribution is 2.37. The third-order valence-corrected chi connectivity index (χ3v) is 2.81. The molecule has 1 saturated heterocycles. The lowest BCUT2D eigenvalue weighted by Gasteiger charge is -2.43. The number of aliphatic carboxylic acids is 1. The highest BCUT2D eigenvalue weighted by molar-refractivity contribution is 6.32. The van der Waals surface area contributed by atoms with Crippen LogP contribution in [0.5, 0.6) is 0 Å². The van der Waals surface area contributed by atoms with Gasteiger partial charge in [0.2, 0.25) is 5.91 Å². The van der Waals surface area contributed by atoms with Crippen LogP contribution in [0.1, 0.15) is 19.3 Å². The fraction of sp³-hybridized carbons (Fsp3) is 0.500. The van der Waals surface area contributed by atoms with Gasteiger partial charge in [-0.1, -0.05) is 11.6 Å². The SMILES string of the molecule is O=C(O)C1=C(Cl)CC[C@@H]2CC(=O)N12. The number of hydrogen-bond donors (Lipinski definition) is 1. The molecule has 0 bridgehead atoms. The molecule has 2 aliphatic heterocycles. The Hall–Kier alpha value is -1.03. The molecular weight excluding hydrogens is 194 g/mol. The summed E-state index contributed by atoms with van der Waals surface area (Å²) in [4.78, 5) is 23.2. The van der Waals surface area contributed by atoms with Crippen LogP contribution in [0.4, 0.5) is 0 Å². The van der Waals surface area contributed by atoms with Gasteiger partial charge in [-0.15, -0.1) is 0 Å². The van der Waals surface area contributed by atoms with Crippen molar-refractivity contribution >= 4 is 23.5 Å². The Morgan fingerprint density at radius 2 is 2.31 bits per heavy atom. The topological polar surface area (TPSA) is 57.6 Å². The van der Waals surface area contributed by atoms with Gasteiger partial charge in [0.05, 0.1) is 0 Å². The summed E-state index contributed by atoms with van der Waals surface area (Å²) in [6, 6.07) is 0.0705. The smallest absolute Gasteiger partial charge is 0.353 e. The summed E-state index contributed by atoms with van der Waals surface area (Å²) in [5.41, 5.74) is -0.0193. The summed E-state index contributed by atoms with van der Waals surface area (Å²) >= 11 is 5.74. The van der Waals surface area contributed by atoms with Gasteiger partial charge in [-0.25, -0.2) is 4.79 Å². The van der Waals surface area contributed by atoms with Crippen molar-refractivity contribution < 1.29 is 14.7 Å². The zero-order valence-corrected chi connectivity index (χ0v) is 7.54. The lowest BCUT2D eigenvalue weighted by atomic mass is 9.91. The molecule has 2 heterocycles. The Morgan fingerprint density at radius 3 is 2.77 bits per heavy atom. The lowest BCUT2D eigenvalue weighted by molar-refractivity contribution is -0.150. The van der Waals surface area contributed by atoms with Crippen molar-refractivity contribution in [3.8, 4) is 0 Å². The van der Waals surface area contributed by atoms with E-state index < -0.39 is 5.97 Å². The van der Waals surface area contributed by atoms with Crippen molar-refractivity contribution in [1.82, 2.24) is 4.90 Å². The van der Waals surface area contributed by atoms with Crippen LogP contribution in [-0.2, 0) is 9.59 Å². The van der Waals surface area contributed by atoms with Crippen molar-refractivity contribution in [2.45, 2.75) is 25.3 Å². The van der Waals surface area contributed by atoms with E-state index in [2.05, 4.69) is 0 Å². The van der Waals surface area contributed by atoms with Crippen molar-refractivity contribution in [3.63, 3.8) is 0 Å². The molecule has 4 nitrogen and oxygen atoms in total. The molecule has 1 atom stereocenters. The van der Waals surface area contributed by atoms with Gasteiger partial charge < -0.3 is 10.0 Å². The molecule has 0 unspecified atom stereocenters. The molecule has 1 fully saturated rings. The molecule has 0 radical (unpaired) electrons. The second kappa shape index (κ2) is 2.73. The maximum Gasteiger partial charge on any atom is 0.353 e. The standard InChI is InChI=1S/C8H8ClNO3/c9-5-2-1-4-3-6(11)10(4)7(5)8(12)13/h4H,1-3H2,(H,12,13)/t4-/m1/s1. The number of carboxylic acid groups (broad SMARTS) is 1. The highest BCUT2D eigenvalue weighted by Gasteiger charge is 2.44. The number of carbonyl (C=O) groups excluding carboxylic acids is 1. The molecule has 2 aliphatic rings. The predicted molar refractivity (Wildman–Crippen MR) is 45.0 cm³/mol. The maximum atomic E-state index is 11.1. The number of allylic oxidation sites excluding steroid dienone is 1. The summed E-state index contributed by atoms with van der Waals surface area (Å²) in [5, 5.41) is 9.10. The van der Waals surface area contributed by atoms with E-state index in [9.17, 15) is 9.59 Å². The van der Waals surface area contributed by atoms with Crippen LogP contribution in [0, 0.1) is 0 Å². The van der Waals surface area contributed by atoms with E-state index in [0.717, 1.165) is 6.42 Å². The summed E-state index contributed by atoms with van der Waals surface area (Å²) in [7, 11) is 0. The summed E-state index contributed by atoms with van der Waals surface area (Å²) in [6.07, 6.45) is 1.81. The van der Waals surface area contributed by atoms with Crippen LogP contribution < -0.4 is 0 Å². The highest BCUT2D eigenvalue weighted by atomic mass is 35.5. The van der Waals surface area contributed by atoms with E-state index >= 15 is 0 Å². The first kappa shape index (κ1) is 8.56. The first-order valence-electron chi connectivity index (χ1n) is 4.05. The van der Waals surface area contributed by atoms with Gasteiger partial charge in [0.25, 0.3) is 0 Å². The number of nitrogens with zero attached hydrogens (tertiary/aromatic N) is 1. The first-order valence-corrected chi connectivity index (χ1v) is 4.43. The largest absolute Gasteiger partial charge is 0.477 e. The van der Waals surface area contributed by atoms with Crippen LogP contribution in [-0.4, -0.2) is 27.9 Å². The number of β-lactam (4-membered cyclic amide) rings is 1. The van der Waals surface area contributed by atoms with Crippen LogP contribution in [0.3, 0.4) is 0 Å². The van der Waals surface area contributed by atoms with E-state index in [1.165, 1.54) is 4.90 Å².